The van der Waals surface area contributed by atoms with E-state index in [1.807, 2.05) is 24.2 Å². The highest BCUT2D eigenvalue weighted by atomic mass is 15.2. The number of anilines is 3. The molecule has 0 aliphatic heterocycles. The first-order valence-electron chi connectivity index (χ1n) is 5.90. The van der Waals surface area contributed by atoms with E-state index in [-0.39, 0.29) is 0 Å². The van der Waals surface area contributed by atoms with Gasteiger partial charge in [-0.1, -0.05) is 6.07 Å². The van der Waals surface area contributed by atoms with Crippen LogP contribution in [0.25, 0.3) is 0 Å². The molecule has 0 unspecified atom stereocenters. The number of benzene rings is 1. The SMILES string of the molecule is Cc1ccc(N(C)c2cc(NC#N)ncn2)cc1C. The summed E-state index contributed by atoms with van der Waals surface area (Å²) >= 11 is 0. The molecule has 0 radical (unpaired) electrons. The van der Waals surface area contributed by atoms with Gasteiger partial charge in [-0.05, 0) is 37.1 Å². The summed E-state index contributed by atoms with van der Waals surface area (Å²) in [5.74, 6) is 1.22. The van der Waals surface area contributed by atoms with Crippen molar-refractivity contribution in [2.75, 3.05) is 17.3 Å². The number of aryl methyl sites for hydroxylation is 2. The van der Waals surface area contributed by atoms with Crippen molar-refractivity contribution in [2.24, 2.45) is 0 Å². The van der Waals surface area contributed by atoms with Gasteiger partial charge in [-0.2, -0.15) is 5.26 Å². The van der Waals surface area contributed by atoms with Crippen LogP contribution in [0.2, 0.25) is 0 Å². The molecule has 5 nitrogen and oxygen atoms in total. The maximum atomic E-state index is 8.60. The molecule has 0 spiro atoms. The van der Waals surface area contributed by atoms with Gasteiger partial charge in [0.15, 0.2) is 6.19 Å². The topological polar surface area (TPSA) is 64.8 Å². The molecule has 0 saturated heterocycles. The van der Waals surface area contributed by atoms with E-state index in [1.165, 1.54) is 17.5 Å². The molecule has 1 heterocycles. The first-order valence-corrected chi connectivity index (χ1v) is 5.90. The molecule has 0 aliphatic carbocycles. The first-order chi connectivity index (χ1) is 9.11. The van der Waals surface area contributed by atoms with Gasteiger partial charge < -0.3 is 4.90 Å². The summed E-state index contributed by atoms with van der Waals surface area (Å²) in [5.41, 5.74) is 3.53. The Bertz CT molecular complexity index is 630. The highest BCUT2D eigenvalue weighted by Gasteiger charge is 2.07. The average molecular weight is 253 g/mol. The monoisotopic (exact) mass is 253 g/mol. The molecule has 2 rings (SSSR count). The van der Waals surface area contributed by atoms with Crippen LogP contribution in [0.5, 0.6) is 0 Å². The quantitative estimate of drug-likeness (QED) is 0.673. The molecule has 0 aliphatic rings. The smallest absolute Gasteiger partial charge is 0.182 e. The van der Waals surface area contributed by atoms with E-state index >= 15 is 0 Å². The number of nitrogens with zero attached hydrogens (tertiary/aromatic N) is 4. The normalized spacial score (nSPS) is 9.79. The van der Waals surface area contributed by atoms with Crippen LogP contribution in [0.15, 0.2) is 30.6 Å². The van der Waals surface area contributed by atoms with Gasteiger partial charge in [0.05, 0.1) is 0 Å². The number of hydrogen-bond acceptors (Lipinski definition) is 5. The molecule has 0 fully saturated rings. The Morgan fingerprint density at radius 3 is 2.63 bits per heavy atom. The van der Waals surface area contributed by atoms with E-state index in [4.69, 9.17) is 5.26 Å². The Labute approximate surface area is 112 Å². The minimum absolute atomic E-state index is 0.489. The largest absolute Gasteiger partial charge is 0.329 e. The first kappa shape index (κ1) is 12.8. The highest BCUT2D eigenvalue weighted by molar-refractivity contribution is 5.63. The molecule has 0 saturated carbocycles. The fraction of sp³-hybridized carbons (Fsp3) is 0.214. The van der Waals surface area contributed by atoms with Crippen molar-refractivity contribution in [3.05, 3.63) is 41.7 Å². The minimum Gasteiger partial charge on any atom is -0.329 e. The molecular formula is C14H15N5. The molecule has 1 N–H and O–H groups in total. The van der Waals surface area contributed by atoms with Crippen molar-refractivity contribution in [3.8, 4) is 6.19 Å². The van der Waals surface area contributed by atoms with Crippen LogP contribution in [-0.2, 0) is 0 Å². The second kappa shape index (κ2) is 5.36. The van der Waals surface area contributed by atoms with E-state index in [9.17, 15) is 0 Å². The highest BCUT2D eigenvalue weighted by Crippen LogP contribution is 2.24. The van der Waals surface area contributed by atoms with E-state index in [1.54, 1.807) is 6.07 Å². The van der Waals surface area contributed by atoms with Crippen LogP contribution in [-0.4, -0.2) is 17.0 Å². The van der Waals surface area contributed by atoms with Gasteiger partial charge in [-0.15, -0.1) is 0 Å². The maximum Gasteiger partial charge on any atom is 0.182 e. The molecule has 0 amide bonds. The van der Waals surface area contributed by atoms with E-state index in [2.05, 4.69) is 41.3 Å². The molecule has 5 heteroatoms. The second-order valence-electron chi connectivity index (χ2n) is 4.33. The summed E-state index contributed by atoms with van der Waals surface area (Å²) in [6.07, 6.45) is 3.28. The zero-order chi connectivity index (χ0) is 13.8. The molecule has 1 aromatic heterocycles. The predicted molar refractivity (Wildman–Crippen MR) is 75.2 cm³/mol. The van der Waals surface area contributed by atoms with Crippen molar-refractivity contribution >= 4 is 17.3 Å². The van der Waals surface area contributed by atoms with Gasteiger partial charge in [0.1, 0.15) is 18.0 Å². The lowest BCUT2D eigenvalue weighted by molar-refractivity contribution is 1.08. The maximum absolute atomic E-state index is 8.60. The van der Waals surface area contributed by atoms with Crippen molar-refractivity contribution in [3.63, 3.8) is 0 Å². The summed E-state index contributed by atoms with van der Waals surface area (Å²) in [7, 11) is 1.93. The van der Waals surface area contributed by atoms with Gasteiger partial charge in [0.2, 0.25) is 0 Å². The third-order valence-electron chi connectivity index (χ3n) is 3.06. The average Bonchev–Trinajstić information content (AvgIpc) is 2.42. The van der Waals surface area contributed by atoms with Crippen molar-refractivity contribution in [1.82, 2.24) is 9.97 Å². The second-order valence-corrected chi connectivity index (χ2v) is 4.33. The standard InChI is InChI=1S/C14H15N5/c1-10-4-5-12(6-11(10)2)19(3)14-7-13(16-8-15)17-9-18-14/h4-7,9H,1-3H3,(H,16,17,18). The van der Waals surface area contributed by atoms with Crippen LogP contribution in [0.3, 0.4) is 0 Å². The van der Waals surface area contributed by atoms with Crippen LogP contribution in [0, 0.1) is 25.3 Å². The number of nitriles is 1. The molecule has 1 aromatic carbocycles. The van der Waals surface area contributed by atoms with Crippen LogP contribution < -0.4 is 10.2 Å². The molecule has 0 bridgehead atoms. The lowest BCUT2D eigenvalue weighted by Gasteiger charge is -2.19. The zero-order valence-corrected chi connectivity index (χ0v) is 11.2. The fourth-order valence-electron chi connectivity index (χ4n) is 1.72. The van der Waals surface area contributed by atoms with Crippen LogP contribution in [0.1, 0.15) is 11.1 Å². The number of rotatable bonds is 3. The van der Waals surface area contributed by atoms with Gasteiger partial charge in [0.25, 0.3) is 0 Å². The summed E-state index contributed by atoms with van der Waals surface area (Å²) in [6.45, 7) is 4.16. The van der Waals surface area contributed by atoms with Crippen molar-refractivity contribution < 1.29 is 0 Å². The predicted octanol–water partition coefficient (Wildman–Crippen LogP) is 2.75. The van der Waals surface area contributed by atoms with Crippen molar-refractivity contribution in [2.45, 2.75) is 13.8 Å². The van der Waals surface area contributed by atoms with E-state index in [0.717, 1.165) is 11.5 Å². The fourth-order valence-corrected chi connectivity index (χ4v) is 1.72. The lowest BCUT2D eigenvalue weighted by Crippen LogP contribution is -2.12. The zero-order valence-electron chi connectivity index (χ0n) is 11.2. The van der Waals surface area contributed by atoms with Crippen LogP contribution >= 0.6 is 0 Å². The Balaban J connectivity index is 2.33. The summed E-state index contributed by atoms with van der Waals surface area (Å²) in [6, 6.07) is 7.96. The lowest BCUT2D eigenvalue weighted by atomic mass is 10.1. The van der Waals surface area contributed by atoms with Crippen molar-refractivity contribution in [1.29, 1.82) is 5.26 Å². The molecule has 0 atom stereocenters. The van der Waals surface area contributed by atoms with Gasteiger partial charge in [0, 0.05) is 18.8 Å². The van der Waals surface area contributed by atoms with Gasteiger partial charge in [-0.3, -0.25) is 5.32 Å². The van der Waals surface area contributed by atoms with E-state index < -0.39 is 0 Å². The van der Waals surface area contributed by atoms with E-state index in [0.29, 0.717) is 5.82 Å². The Morgan fingerprint density at radius 2 is 1.95 bits per heavy atom. The molecule has 96 valence electrons. The number of aromatic nitrogens is 2. The molecule has 19 heavy (non-hydrogen) atoms. The Morgan fingerprint density at radius 1 is 1.16 bits per heavy atom. The van der Waals surface area contributed by atoms with Crippen LogP contribution in [0.4, 0.5) is 17.3 Å². The minimum atomic E-state index is 0.489. The third-order valence-corrected chi connectivity index (χ3v) is 3.06. The molecule has 2 aromatic rings. The third kappa shape index (κ3) is 2.80. The van der Waals surface area contributed by atoms with Gasteiger partial charge >= 0.3 is 0 Å². The summed E-state index contributed by atoms with van der Waals surface area (Å²) in [4.78, 5) is 10.1. The Hall–Kier alpha value is -2.61. The Kier molecular flexibility index (Phi) is 3.62. The molecular weight excluding hydrogens is 238 g/mol. The summed E-state index contributed by atoms with van der Waals surface area (Å²) in [5, 5.41) is 11.1. The number of hydrogen-bond donors (Lipinski definition) is 1. The number of nitrogens with one attached hydrogen (secondary N) is 1. The van der Waals surface area contributed by atoms with Gasteiger partial charge in [-0.25, -0.2) is 9.97 Å². The summed E-state index contributed by atoms with van der Waals surface area (Å²) < 4.78 is 0.